The van der Waals surface area contributed by atoms with E-state index in [0.29, 0.717) is 9.90 Å². The van der Waals surface area contributed by atoms with E-state index in [0.717, 1.165) is 30.6 Å². The van der Waals surface area contributed by atoms with Crippen LogP contribution in [0, 0.1) is 0 Å². The largest absolute Gasteiger partial charge is 0.369 e. The number of ether oxygens (including phenoxy) is 1. The minimum Gasteiger partial charge on any atom is -0.369 e. The maximum atomic E-state index is 13.1. The van der Waals surface area contributed by atoms with E-state index in [9.17, 15) is 8.78 Å². The molecule has 1 aliphatic rings. The third-order valence-corrected chi connectivity index (χ3v) is 5.16. The minimum atomic E-state index is -2.40. The predicted octanol–water partition coefficient (Wildman–Crippen LogP) is 5.58. The van der Waals surface area contributed by atoms with Crippen LogP contribution in [0.5, 0.6) is 0 Å². The van der Waals surface area contributed by atoms with Gasteiger partial charge in [-0.05, 0) is 24.5 Å². The Balaban J connectivity index is 2.45. The summed E-state index contributed by atoms with van der Waals surface area (Å²) in [6.07, 6.45) is 1.26. The minimum absolute atomic E-state index is 0.0950. The van der Waals surface area contributed by atoms with Gasteiger partial charge in [-0.15, -0.1) is 11.3 Å². The normalized spacial score (nSPS) is 21.7. The number of rotatable bonds is 5. The summed E-state index contributed by atoms with van der Waals surface area (Å²) >= 11 is 7.47. The second kappa shape index (κ2) is 6.06. The zero-order chi connectivity index (χ0) is 14.0. The molecule has 0 saturated heterocycles. The highest BCUT2D eigenvalue weighted by atomic mass is 35.5. The molecule has 1 aromatic heterocycles. The molecular weight excluding hydrogens is 290 g/mol. The molecule has 0 amide bonds. The van der Waals surface area contributed by atoms with Crippen molar-refractivity contribution in [2.75, 3.05) is 6.61 Å². The van der Waals surface area contributed by atoms with Crippen LogP contribution < -0.4 is 0 Å². The lowest BCUT2D eigenvalue weighted by Crippen LogP contribution is -2.37. The van der Waals surface area contributed by atoms with Crippen molar-refractivity contribution in [1.82, 2.24) is 0 Å². The van der Waals surface area contributed by atoms with Gasteiger partial charge in [-0.25, -0.2) is 8.78 Å². The SMILES string of the molecule is CCCC1(CCC)OCC(C(F)F)c2cc(Cl)sc21. The monoisotopic (exact) mass is 308 g/mol. The van der Waals surface area contributed by atoms with Crippen LogP contribution in [0.2, 0.25) is 4.34 Å². The second-order valence-electron chi connectivity index (χ2n) is 5.08. The topological polar surface area (TPSA) is 9.23 Å². The van der Waals surface area contributed by atoms with Gasteiger partial charge in [-0.2, -0.15) is 0 Å². The Kier molecular flexibility index (Phi) is 4.85. The number of hydrogen-bond acceptors (Lipinski definition) is 2. The van der Waals surface area contributed by atoms with Crippen LogP contribution in [0.4, 0.5) is 8.78 Å². The maximum absolute atomic E-state index is 13.1. The third kappa shape index (κ3) is 2.81. The zero-order valence-electron chi connectivity index (χ0n) is 11.2. The van der Waals surface area contributed by atoms with Crippen molar-refractivity contribution in [3.05, 3.63) is 20.8 Å². The fourth-order valence-corrected chi connectivity index (χ4v) is 4.43. The first kappa shape index (κ1) is 15.2. The molecule has 0 bridgehead atoms. The molecule has 19 heavy (non-hydrogen) atoms. The van der Waals surface area contributed by atoms with Crippen LogP contribution in [-0.2, 0) is 10.3 Å². The van der Waals surface area contributed by atoms with E-state index in [-0.39, 0.29) is 6.61 Å². The highest BCUT2D eigenvalue weighted by Crippen LogP contribution is 2.50. The molecule has 5 heteroatoms. The summed E-state index contributed by atoms with van der Waals surface area (Å²) in [6.45, 7) is 4.28. The summed E-state index contributed by atoms with van der Waals surface area (Å²) in [5.74, 6) is -0.833. The highest BCUT2D eigenvalue weighted by Gasteiger charge is 2.44. The van der Waals surface area contributed by atoms with Gasteiger partial charge in [0.1, 0.15) is 5.60 Å². The van der Waals surface area contributed by atoms with E-state index in [4.69, 9.17) is 16.3 Å². The molecule has 1 atom stereocenters. The van der Waals surface area contributed by atoms with Gasteiger partial charge in [0.05, 0.1) is 16.9 Å². The number of halogens is 3. The van der Waals surface area contributed by atoms with E-state index < -0.39 is 17.9 Å². The molecule has 2 rings (SSSR count). The van der Waals surface area contributed by atoms with Gasteiger partial charge in [-0.1, -0.05) is 38.3 Å². The van der Waals surface area contributed by atoms with E-state index in [1.165, 1.54) is 11.3 Å². The second-order valence-corrected chi connectivity index (χ2v) is 6.76. The fourth-order valence-electron chi connectivity index (χ4n) is 2.92. The van der Waals surface area contributed by atoms with E-state index >= 15 is 0 Å². The molecule has 0 aliphatic carbocycles. The first-order chi connectivity index (χ1) is 9.04. The predicted molar refractivity (Wildman–Crippen MR) is 75.5 cm³/mol. The summed E-state index contributed by atoms with van der Waals surface area (Å²) < 4.78 is 32.7. The van der Waals surface area contributed by atoms with Crippen LogP contribution in [-0.4, -0.2) is 13.0 Å². The molecule has 0 N–H and O–H groups in total. The van der Waals surface area contributed by atoms with Crippen molar-refractivity contribution >= 4 is 22.9 Å². The van der Waals surface area contributed by atoms with Crippen molar-refractivity contribution in [2.24, 2.45) is 0 Å². The smallest absolute Gasteiger partial charge is 0.247 e. The highest BCUT2D eigenvalue weighted by molar-refractivity contribution is 7.16. The maximum Gasteiger partial charge on any atom is 0.247 e. The average Bonchev–Trinajstić information content (AvgIpc) is 2.72. The first-order valence-electron chi connectivity index (χ1n) is 6.76. The molecule has 0 fully saturated rings. The van der Waals surface area contributed by atoms with Crippen molar-refractivity contribution in [3.8, 4) is 0 Å². The van der Waals surface area contributed by atoms with Crippen molar-refractivity contribution in [3.63, 3.8) is 0 Å². The summed E-state index contributed by atoms with van der Waals surface area (Å²) in [5, 5.41) is 0. The summed E-state index contributed by atoms with van der Waals surface area (Å²) in [6, 6.07) is 1.71. The van der Waals surface area contributed by atoms with Gasteiger partial charge < -0.3 is 4.74 Å². The number of thiophene rings is 1. The Morgan fingerprint density at radius 1 is 1.42 bits per heavy atom. The quantitative estimate of drug-likeness (QED) is 0.690. The van der Waals surface area contributed by atoms with Crippen molar-refractivity contribution in [2.45, 2.75) is 57.5 Å². The molecule has 1 aliphatic heterocycles. The Hall–Kier alpha value is -0.190. The lowest BCUT2D eigenvalue weighted by Gasteiger charge is -2.40. The van der Waals surface area contributed by atoms with Crippen LogP contribution in [0.3, 0.4) is 0 Å². The molecule has 0 saturated carbocycles. The molecule has 0 aromatic carbocycles. The van der Waals surface area contributed by atoms with E-state index in [1.807, 2.05) is 0 Å². The van der Waals surface area contributed by atoms with E-state index in [2.05, 4.69) is 13.8 Å². The zero-order valence-corrected chi connectivity index (χ0v) is 12.8. The lowest BCUT2D eigenvalue weighted by atomic mass is 9.83. The van der Waals surface area contributed by atoms with Crippen LogP contribution >= 0.6 is 22.9 Å². The van der Waals surface area contributed by atoms with Gasteiger partial charge in [-0.3, -0.25) is 0 Å². The van der Waals surface area contributed by atoms with Crippen molar-refractivity contribution < 1.29 is 13.5 Å². The van der Waals surface area contributed by atoms with Gasteiger partial charge in [0.15, 0.2) is 0 Å². The van der Waals surface area contributed by atoms with Gasteiger partial charge in [0.25, 0.3) is 0 Å². The van der Waals surface area contributed by atoms with Crippen LogP contribution in [0.25, 0.3) is 0 Å². The molecule has 1 unspecified atom stereocenters. The Morgan fingerprint density at radius 2 is 2.05 bits per heavy atom. The lowest BCUT2D eigenvalue weighted by molar-refractivity contribution is -0.0965. The Morgan fingerprint density at radius 3 is 2.58 bits per heavy atom. The molecule has 1 nitrogen and oxygen atoms in total. The summed E-state index contributed by atoms with van der Waals surface area (Å²) in [4.78, 5) is 0.928. The molecule has 1 aromatic rings. The molecular formula is C14H19ClF2OS. The molecule has 0 radical (unpaired) electrons. The van der Waals surface area contributed by atoms with Crippen LogP contribution in [0.1, 0.15) is 55.9 Å². The van der Waals surface area contributed by atoms with Gasteiger partial charge in [0, 0.05) is 4.88 Å². The number of alkyl halides is 2. The first-order valence-corrected chi connectivity index (χ1v) is 7.95. The average molecular weight is 309 g/mol. The third-order valence-electron chi connectivity index (χ3n) is 3.70. The Bertz CT molecular complexity index is 427. The van der Waals surface area contributed by atoms with E-state index in [1.54, 1.807) is 6.07 Å². The number of hydrogen-bond donors (Lipinski definition) is 0. The summed E-state index contributed by atoms with van der Waals surface area (Å²) in [5.41, 5.74) is 0.306. The van der Waals surface area contributed by atoms with Gasteiger partial charge >= 0.3 is 0 Å². The number of fused-ring (bicyclic) bond motifs is 1. The molecule has 0 spiro atoms. The molecule has 108 valence electrons. The molecule has 2 heterocycles. The summed E-state index contributed by atoms with van der Waals surface area (Å²) in [7, 11) is 0. The fraction of sp³-hybridized carbons (Fsp3) is 0.714. The standard InChI is InChI=1S/C14H19ClF2OS/c1-3-5-14(6-4-2)12-9(7-11(15)19-12)10(8-18-14)13(16)17/h7,10,13H,3-6,8H2,1-2H3. The Labute approximate surface area is 121 Å². The van der Waals surface area contributed by atoms with Gasteiger partial charge in [0.2, 0.25) is 6.43 Å². The van der Waals surface area contributed by atoms with Crippen LogP contribution in [0.15, 0.2) is 6.07 Å². The van der Waals surface area contributed by atoms with Crippen molar-refractivity contribution in [1.29, 1.82) is 0 Å².